The highest BCUT2D eigenvalue weighted by Crippen LogP contribution is 2.35. The molecule has 4 rings (SSSR count). The highest BCUT2D eigenvalue weighted by atomic mass is 35.5. The molecule has 0 aliphatic carbocycles. The minimum absolute atomic E-state index is 0.0825. The van der Waals surface area contributed by atoms with Gasteiger partial charge in [0.15, 0.2) is 5.82 Å². The van der Waals surface area contributed by atoms with Crippen molar-refractivity contribution in [1.82, 2.24) is 15.2 Å². The largest absolute Gasteiger partial charge is 0.283 e. The minimum atomic E-state index is -0.456. The van der Waals surface area contributed by atoms with E-state index in [9.17, 15) is 10.1 Å². The molecule has 1 heterocycles. The third-order valence-electron chi connectivity index (χ3n) is 4.20. The molecular weight excluding hydrogens is 493 g/mol. The van der Waals surface area contributed by atoms with Gasteiger partial charge >= 0.3 is 0 Å². The average molecular weight is 505 g/mol. The van der Waals surface area contributed by atoms with Gasteiger partial charge in [0.2, 0.25) is 5.16 Å². The van der Waals surface area contributed by atoms with Gasteiger partial charge in [0.1, 0.15) is 0 Å². The summed E-state index contributed by atoms with van der Waals surface area (Å²) in [4.78, 5) is 20.3. The van der Waals surface area contributed by atoms with E-state index in [1.807, 2.05) is 0 Å². The van der Waals surface area contributed by atoms with Crippen molar-refractivity contribution in [3.63, 3.8) is 0 Å². The van der Waals surface area contributed by atoms with E-state index in [1.165, 1.54) is 6.07 Å². The van der Waals surface area contributed by atoms with Crippen molar-refractivity contribution >= 4 is 64.2 Å². The van der Waals surface area contributed by atoms with Gasteiger partial charge in [-0.25, -0.2) is 4.98 Å². The Morgan fingerprint density at radius 3 is 2.59 bits per heavy atom. The summed E-state index contributed by atoms with van der Waals surface area (Å²) < 4.78 is 0. The van der Waals surface area contributed by atoms with E-state index >= 15 is 0 Å². The number of hydrogen-bond donors (Lipinski definition) is 1. The third-order valence-corrected chi connectivity index (χ3v) is 5.92. The number of H-pyrrole nitrogens is 1. The fourth-order valence-electron chi connectivity index (χ4n) is 2.74. The van der Waals surface area contributed by atoms with E-state index < -0.39 is 4.92 Å². The number of rotatable bonds is 6. The summed E-state index contributed by atoms with van der Waals surface area (Å²) in [6, 6.07) is 16.8. The maximum atomic E-state index is 11.6. The van der Waals surface area contributed by atoms with Gasteiger partial charge in [-0.1, -0.05) is 46.9 Å². The third kappa shape index (κ3) is 5.28. The molecule has 0 aliphatic heterocycles. The number of benzene rings is 3. The average Bonchev–Trinajstić information content (AvgIpc) is 3.21. The summed E-state index contributed by atoms with van der Waals surface area (Å²) in [6.07, 6.45) is 1.54. The normalized spacial score (nSPS) is 11.2. The number of aromatic nitrogens is 3. The Morgan fingerprint density at radius 2 is 1.84 bits per heavy atom. The van der Waals surface area contributed by atoms with Crippen LogP contribution < -0.4 is 0 Å². The van der Waals surface area contributed by atoms with Crippen LogP contribution in [0.1, 0.15) is 5.56 Å². The fraction of sp³-hybridized carbons (Fsp3) is 0. The van der Waals surface area contributed by atoms with Gasteiger partial charge in [0.05, 0.1) is 20.5 Å². The Bertz CT molecular complexity index is 1340. The van der Waals surface area contributed by atoms with Gasteiger partial charge in [0, 0.05) is 27.9 Å². The lowest BCUT2D eigenvalue weighted by atomic mass is 10.2. The number of nitrogens with zero attached hydrogens (tertiary/aromatic N) is 4. The van der Waals surface area contributed by atoms with Gasteiger partial charge in [-0.2, -0.15) is 0 Å². The lowest BCUT2D eigenvalue weighted by Gasteiger charge is -2.02. The van der Waals surface area contributed by atoms with Crippen molar-refractivity contribution in [3.05, 3.63) is 91.4 Å². The smallest absolute Gasteiger partial charge is 0.258 e. The molecule has 0 atom stereocenters. The van der Waals surface area contributed by atoms with Crippen molar-refractivity contribution in [2.24, 2.45) is 4.99 Å². The van der Waals surface area contributed by atoms with Crippen LogP contribution in [-0.2, 0) is 0 Å². The van der Waals surface area contributed by atoms with E-state index in [4.69, 9.17) is 34.8 Å². The first kappa shape index (κ1) is 22.3. The highest BCUT2D eigenvalue weighted by Gasteiger charge is 2.18. The topological polar surface area (TPSA) is 97.1 Å². The Hall–Kier alpha value is -2.91. The molecule has 3 aromatic carbocycles. The highest BCUT2D eigenvalue weighted by molar-refractivity contribution is 7.99. The summed E-state index contributed by atoms with van der Waals surface area (Å²) in [5.41, 5.74) is 1.76. The van der Waals surface area contributed by atoms with E-state index in [0.29, 0.717) is 47.8 Å². The number of aliphatic imine (C=N–C) groups is 1. The van der Waals surface area contributed by atoms with Gasteiger partial charge in [-0.05, 0) is 59.8 Å². The van der Waals surface area contributed by atoms with Crippen LogP contribution in [0.4, 0.5) is 11.4 Å². The van der Waals surface area contributed by atoms with Crippen molar-refractivity contribution in [3.8, 4) is 11.4 Å². The monoisotopic (exact) mass is 503 g/mol. The second kappa shape index (κ2) is 9.70. The second-order valence-corrected chi connectivity index (χ2v) is 8.70. The summed E-state index contributed by atoms with van der Waals surface area (Å²) in [5, 5.41) is 20.4. The van der Waals surface area contributed by atoms with Gasteiger partial charge < -0.3 is 0 Å². The molecule has 0 saturated heterocycles. The molecule has 0 radical (unpaired) electrons. The molecule has 1 N–H and O–H groups in total. The molecule has 4 aromatic rings. The molecular formula is C21H12Cl3N5O2S. The minimum Gasteiger partial charge on any atom is -0.258 e. The first-order valence-electron chi connectivity index (χ1n) is 9.03. The van der Waals surface area contributed by atoms with E-state index in [0.717, 1.165) is 11.8 Å². The maximum Gasteiger partial charge on any atom is 0.283 e. The predicted octanol–water partition coefficient (Wildman–Crippen LogP) is 7.24. The number of halogens is 3. The molecule has 0 saturated carbocycles. The predicted molar refractivity (Wildman–Crippen MR) is 128 cm³/mol. The molecule has 0 aliphatic rings. The summed E-state index contributed by atoms with van der Waals surface area (Å²) in [7, 11) is 0. The molecule has 7 nitrogen and oxygen atoms in total. The second-order valence-electron chi connectivity index (χ2n) is 6.42. The SMILES string of the molecule is O=[N+]([O-])c1cc(C=Nc2cccc(Cl)c2)ccc1Sc1n[nH]c(-c2ccc(Cl)cc2Cl)n1. The molecule has 0 spiro atoms. The Morgan fingerprint density at radius 1 is 1.03 bits per heavy atom. The zero-order chi connectivity index (χ0) is 22.7. The molecule has 0 fully saturated rings. The number of nitro groups is 1. The van der Waals surface area contributed by atoms with E-state index in [1.54, 1.807) is 60.8 Å². The van der Waals surface area contributed by atoms with Gasteiger partial charge in [-0.15, -0.1) is 5.10 Å². The Kier molecular flexibility index (Phi) is 6.76. The molecule has 160 valence electrons. The quantitative estimate of drug-likeness (QED) is 0.169. The van der Waals surface area contributed by atoms with Gasteiger partial charge in [-0.3, -0.25) is 20.2 Å². The number of nitrogens with one attached hydrogen (secondary N) is 1. The molecule has 0 amide bonds. The van der Waals surface area contributed by atoms with Crippen LogP contribution in [0.3, 0.4) is 0 Å². The van der Waals surface area contributed by atoms with Crippen molar-refractivity contribution < 1.29 is 4.92 Å². The zero-order valence-corrected chi connectivity index (χ0v) is 19.1. The van der Waals surface area contributed by atoms with Crippen LogP contribution >= 0.6 is 46.6 Å². The molecule has 0 unspecified atom stereocenters. The standard InChI is InChI=1S/C21H12Cl3N5O2S/c22-13-2-1-3-15(9-13)25-11-12-4-7-19(18(8-12)29(30)31)32-21-26-20(27-28-21)16-6-5-14(23)10-17(16)24/h1-11H,(H,26,27,28). The van der Waals surface area contributed by atoms with E-state index in [-0.39, 0.29) is 5.69 Å². The van der Waals surface area contributed by atoms with Crippen LogP contribution in [0, 0.1) is 10.1 Å². The number of nitro benzene ring substituents is 1. The first-order valence-corrected chi connectivity index (χ1v) is 11.0. The van der Waals surface area contributed by atoms with Crippen LogP contribution in [0.5, 0.6) is 0 Å². The zero-order valence-electron chi connectivity index (χ0n) is 16.0. The number of hydrogen-bond acceptors (Lipinski definition) is 6. The maximum absolute atomic E-state index is 11.6. The van der Waals surface area contributed by atoms with Crippen LogP contribution in [0.15, 0.2) is 75.7 Å². The molecule has 1 aromatic heterocycles. The van der Waals surface area contributed by atoms with Crippen molar-refractivity contribution in [2.45, 2.75) is 10.1 Å². The summed E-state index contributed by atoms with van der Waals surface area (Å²) in [5.74, 6) is 0.432. The van der Waals surface area contributed by atoms with Crippen molar-refractivity contribution in [1.29, 1.82) is 0 Å². The lowest BCUT2D eigenvalue weighted by Crippen LogP contribution is -1.93. The van der Waals surface area contributed by atoms with Crippen LogP contribution in [0.25, 0.3) is 11.4 Å². The Labute approximate surface area is 201 Å². The van der Waals surface area contributed by atoms with E-state index in [2.05, 4.69) is 20.2 Å². The molecule has 11 heteroatoms. The van der Waals surface area contributed by atoms with Crippen molar-refractivity contribution in [2.75, 3.05) is 0 Å². The summed E-state index contributed by atoms with van der Waals surface area (Å²) >= 11 is 19.2. The first-order chi connectivity index (χ1) is 15.4. The number of aromatic amines is 1. The van der Waals surface area contributed by atoms with Crippen LogP contribution in [-0.4, -0.2) is 26.3 Å². The van der Waals surface area contributed by atoms with Crippen LogP contribution in [0.2, 0.25) is 15.1 Å². The molecule has 32 heavy (non-hydrogen) atoms. The fourth-order valence-corrected chi connectivity index (χ4v) is 4.22. The summed E-state index contributed by atoms with van der Waals surface area (Å²) in [6.45, 7) is 0. The molecule has 0 bridgehead atoms. The van der Waals surface area contributed by atoms with Gasteiger partial charge in [0.25, 0.3) is 5.69 Å². The Balaban J connectivity index is 1.58. The lowest BCUT2D eigenvalue weighted by molar-refractivity contribution is -0.387.